The Balaban J connectivity index is 1.44. The zero-order valence-electron chi connectivity index (χ0n) is 18.1. The van der Waals surface area contributed by atoms with Crippen molar-refractivity contribution in [3.8, 4) is 0 Å². The molecule has 154 valence electrons. The van der Waals surface area contributed by atoms with E-state index >= 15 is 0 Å². The molecule has 1 unspecified atom stereocenters. The second kappa shape index (κ2) is 10.6. The molecule has 3 nitrogen and oxygen atoms in total. The second-order valence-electron chi connectivity index (χ2n) is 8.58. The van der Waals surface area contributed by atoms with Crippen molar-refractivity contribution in [2.75, 3.05) is 39.3 Å². The highest BCUT2D eigenvalue weighted by Crippen LogP contribution is 2.38. The lowest BCUT2D eigenvalue weighted by molar-refractivity contribution is 0.129. The summed E-state index contributed by atoms with van der Waals surface area (Å²) in [6.07, 6.45) is 3.16. The Morgan fingerprint density at radius 2 is 1.41 bits per heavy atom. The Hall–Kier alpha value is -2.15. The van der Waals surface area contributed by atoms with Crippen molar-refractivity contribution < 1.29 is 0 Å². The van der Waals surface area contributed by atoms with Gasteiger partial charge >= 0.3 is 0 Å². The minimum Gasteiger partial charge on any atom is -0.305 e. The van der Waals surface area contributed by atoms with E-state index in [0.717, 1.165) is 58.5 Å². The van der Waals surface area contributed by atoms with E-state index in [2.05, 4.69) is 83.1 Å². The van der Waals surface area contributed by atoms with Gasteiger partial charge in [-0.1, -0.05) is 74.5 Å². The fraction of sp³-hybridized carbons (Fsp3) is 0.500. The molecule has 3 rings (SSSR count). The first-order valence-electron chi connectivity index (χ1n) is 11.1. The van der Waals surface area contributed by atoms with Crippen molar-refractivity contribution in [3.63, 3.8) is 0 Å². The molecule has 1 atom stereocenters. The summed E-state index contributed by atoms with van der Waals surface area (Å²) in [7, 11) is 0. The maximum absolute atomic E-state index is 7.95. The highest BCUT2D eigenvalue weighted by Gasteiger charge is 2.41. The van der Waals surface area contributed by atoms with Gasteiger partial charge in [-0.05, 0) is 24.9 Å². The number of benzene rings is 2. The summed E-state index contributed by atoms with van der Waals surface area (Å²) in [5.41, 5.74) is 2.22. The second-order valence-corrected chi connectivity index (χ2v) is 8.58. The number of piperazine rings is 1. The van der Waals surface area contributed by atoms with Crippen molar-refractivity contribution in [1.29, 1.82) is 0 Å². The molecule has 0 bridgehead atoms. The summed E-state index contributed by atoms with van der Waals surface area (Å²) >= 11 is 0. The molecular weight excluding hydrogens is 354 g/mol. The Morgan fingerprint density at radius 1 is 0.862 bits per heavy atom. The van der Waals surface area contributed by atoms with E-state index in [1.165, 1.54) is 11.1 Å². The van der Waals surface area contributed by atoms with Crippen LogP contribution in [0.15, 0.2) is 60.7 Å². The van der Waals surface area contributed by atoms with Crippen molar-refractivity contribution in [3.05, 3.63) is 83.2 Å². The lowest BCUT2D eigenvalue weighted by Gasteiger charge is -2.35. The van der Waals surface area contributed by atoms with Crippen LogP contribution in [0.1, 0.15) is 37.8 Å². The van der Waals surface area contributed by atoms with Gasteiger partial charge in [-0.25, -0.2) is 6.57 Å². The zero-order chi connectivity index (χ0) is 20.5. The summed E-state index contributed by atoms with van der Waals surface area (Å²) in [6, 6.07) is 21.2. The summed E-state index contributed by atoms with van der Waals surface area (Å²) in [5, 5.41) is 0. The van der Waals surface area contributed by atoms with Crippen LogP contribution in [0.5, 0.6) is 0 Å². The molecule has 0 saturated carbocycles. The van der Waals surface area contributed by atoms with Gasteiger partial charge in [0.2, 0.25) is 0 Å². The lowest BCUT2D eigenvalue weighted by Crippen LogP contribution is -2.47. The van der Waals surface area contributed by atoms with E-state index in [0.29, 0.717) is 5.92 Å². The van der Waals surface area contributed by atoms with Crippen LogP contribution in [-0.4, -0.2) is 49.1 Å². The van der Waals surface area contributed by atoms with E-state index in [1.807, 2.05) is 6.07 Å². The van der Waals surface area contributed by atoms with Crippen LogP contribution < -0.4 is 0 Å². The maximum Gasteiger partial charge on any atom is 0.259 e. The van der Waals surface area contributed by atoms with E-state index in [9.17, 15) is 0 Å². The molecule has 0 amide bonds. The third kappa shape index (κ3) is 5.69. The third-order valence-electron chi connectivity index (χ3n) is 6.49. The standard InChI is InChI=1S/C26H35N3/c1-23(2)26(27-3,25-13-8-5-9-14-25)16-10-17-28-19-21-29(22-20-28)18-15-24-11-6-4-7-12-24/h4-9,11-14,23H,10,15-22H2,1-2H3. The maximum atomic E-state index is 7.95. The van der Waals surface area contributed by atoms with Gasteiger partial charge in [0.05, 0.1) is 0 Å². The monoisotopic (exact) mass is 389 g/mol. The predicted molar refractivity (Wildman–Crippen MR) is 122 cm³/mol. The van der Waals surface area contributed by atoms with Crippen molar-refractivity contribution in [2.24, 2.45) is 5.92 Å². The molecule has 1 saturated heterocycles. The number of nitrogens with zero attached hydrogens (tertiary/aromatic N) is 3. The molecular formula is C26H35N3. The molecule has 0 N–H and O–H groups in total. The van der Waals surface area contributed by atoms with Gasteiger partial charge in [0.1, 0.15) is 0 Å². The van der Waals surface area contributed by atoms with E-state index in [4.69, 9.17) is 6.57 Å². The van der Waals surface area contributed by atoms with Gasteiger partial charge in [0, 0.05) is 50.6 Å². The molecule has 0 radical (unpaired) electrons. The Bertz CT molecular complexity index is 758. The number of rotatable bonds is 9. The van der Waals surface area contributed by atoms with Crippen molar-refractivity contribution >= 4 is 0 Å². The van der Waals surface area contributed by atoms with Crippen LogP contribution >= 0.6 is 0 Å². The zero-order valence-corrected chi connectivity index (χ0v) is 18.1. The fourth-order valence-corrected chi connectivity index (χ4v) is 4.48. The molecule has 2 aromatic carbocycles. The normalized spacial score (nSPS) is 17.7. The highest BCUT2D eigenvalue weighted by molar-refractivity contribution is 5.29. The average molecular weight is 390 g/mol. The molecule has 1 aliphatic heterocycles. The SMILES string of the molecule is [C-]#[N+]C(CCCN1CCN(CCc2ccccc2)CC1)(c1ccccc1)C(C)C. The van der Waals surface area contributed by atoms with Crippen LogP contribution in [0, 0.1) is 12.5 Å². The third-order valence-corrected chi connectivity index (χ3v) is 6.49. The van der Waals surface area contributed by atoms with Gasteiger partial charge < -0.3 is 14.6 Å². The van der Waals surface area contributed by atoms with Crippen LogP contribution in [0.2, 0.25) is 0 Å². The van der Waals surface area contributed by atoms with E-state index in [-0.39, 0.29) is 0 Å². The van der Waals surface area contributed by atoms with Gasteiger partial charge in [0.25, 0.3) is 5.54 Å². The smallest absolute Gasteiger partial charge is 0.259 e. The summed E-state index contributed by atoms with van der Waals surface area (Å²) in [5.74, 6) is 0.317. The van der Waals surface area contributed by atoms with Crippen molar-refractivity contribution in [2.45, 2.75) is 38.6 Å². The first kappa shape index (κ1) is 21.6. The summed E-state index contributed by atoms with van der Waals surface area (Å²) in [6.45, 7) is 19.2. The van der Waals surface area contributed by atoms with Gasteiger partial charge in [-0.2, -0.15) is 0 Å². The quantitative estimate of drug-likeness (QED) is 0.553. The molecule has 2 aromatic rings. The number of hydrogen-bond acceptors (Lipinski definition) is 2. The van der Waals surface area contributed by atoms with Crippen LogP contribution in [-0.2, 0) is 12.0 Å². The predicted octanol–water partition coefficient (Wildman–Crippen LogP) is 5.10. The van der Waals surface area contributed by atoms with E-state index in [1.54, 1.807) is 0 Å². The lowest BCUT2D eigenvalue weighted by atomic mass is 9.77. The minimum atomic E-state index is -0.390. The topological polar surface area (TPSA) is 10.8 Å². The fourth-order valence-electron chi connectivity index (χ4n) is 4.48. The molecule has 1 fully saturated rings. The Labute approximate surface area is 177 Å². The minimum absolute atomic E-state index is 0.317. The molecule has 29 heavy (non-hydrogen) atoms. The largest absolute Gasteiger partial charge is 0.305 e. The molecule has 3 heteroatoms. The Morgan fingerprint density at radius 3 is 1.97 bits per heavy atom. The summed E-state index contributed by atoms with van der Waals surface area (Å²) < 4.78 is 0. The van der Waals surface area contributed by atoms with Gasteiger partial charge in [-0.3, -0.25) is 0 Å². The first-order chi connectivity index (χ1) is 14.1. The van der Waals surface area contributed by atoms with Gasteiger partial charge in [-0.15, -0.1) is 0 Å². The van der Waals surface area contributed by atoms with Crippen LogP contribution in [0.4, 0.5) is 0 Å². The van der Waals surface area contributed by atoms with Crippen LogP contribution in [0.25, 0.3) is 4.85 Å². The van der Waals surface area contributed by atoms with Crippen molar-refractivity contribution in [1.82, 2.24) is 9.80 Å². The average Bonchev–Trinajstić information content (AvgIpc) is 2.77. The number of hydrogen-bond donors (Lipinski definition) is 0. The molecule has 0 spiro atoms. The summed E-state index contributed by atoms with van der Waals surface area (Å²) in [4.78, 5) is 9.33. The van der Waals surface area contributed by atoms with E-state index < -0.39 is 5.54 Å². The molecule has 0 aliphatic carbocycles. The highest BCUT2D eigenvalue weighted by atomic mass is 15.3. The molecule has 1 aliphatic rings. The molecule has 1 heterocycles. The van der Waals surface area contributed by atoms with Gasteiger partial charge in [0.15, 0.2) is 0 Å². The molecule has 0 aromatic heterocycles. The Kier molecular flexibility index (Phi) is 7.86. The van der Waals surface area contributed by atoms with Crippen LogP contribution in [0.3, 0.4) is 0 Å². The first-order valence-corrected chi connectivity index (χ1v) is 11.1.